The largest absolute Gasteiger partial charge is 0.309 e. The standard InChI is InChI=1S/C18H30N2/c1-15-5-6-16(2)18(13-15)14-20-11-8-17(9-12-20)7-10-19(3)4/h5-6,13,17H,7-12,14H2,1-4H3. The van der Waals surface area contributed by atoms with E-state index in [2.05, 4.69) is 55.9 Å². The van der Waals surface area contributed by atoms with Crippen LogP contribution >= 0.6 is 0 Å². The van der Waals surface area contributed by atoms with E-state index in [9.17, 15) is 0 Å². The van der Waals surface area contributed by atoms with Gasteiger partial charge in [0.1, 0.15) is 0 Å². The van der Waals surface area contributed by atoms with Gasteiger partial charge >= 0.3 is 0 Å². The third-order valence-corrected chi connectivity index (χ3v) is 4.59. The van der Waals surface area contributed by atoms with Crippen molar-refractivity contribution in [1.82, 2.24) is 9.80 Å². The molecular weight excluding hydrogens is 244 g/mol. The highest BCUT2D eigenvalue weighted by Crippen LogP contribution is 2.23. The lowest BCUT2D eigenvalue weighted by molar-refractivity contribution is 0.165. The molecule has 0 N–H and O–H groups in total. The maximum atomic E-state index is 2.63. The first-order valence-electron chi connectivity index (χ1n) is 7.98. The highest BCUT2D eigenvalue weighted by Gasteiger charge is 2.19. The van der Waals surface area contributed by atoms with Crippen LogP contribution in [0.15, 0.2) is 18.2 Å². The molecule has 0 unspecified atom stereocenters. The van der Waals surface area contributed by atoms with Gasteiger partial charge in [-0.2, -0.15) is 0 Å². The van der Waals surface area contributed by atoms with Gasteiger partial charge in [0.2, 0.25) is 0 Å². The molecule has 2 nitrogen and oxygen atoms in total. The molecular formula is C18H30N2. The van der Waals surface area contributed by atoms with Gasteiger partial charge in [-0.3, -0.25) is 4.90 Å². The van der Waals surface area contributed by atoms with Crippen LogP contribution in [0, 0.1) is 19.8 Å². The van der Waals surface area contributed by atoms with E-state index in [0.29, 0.717) is 0 Å². The number of benzene rings is 1. The Morgan fingerprint density at radius 1 is 1.15 bits per heavy atom. The summed E-state index contributed by atoms with van der Waals surface area (Å²) in [7, 11) is 4.35. The molecule has 1 fully saturated rings. The molecule has 2 rings (SSSR count). The molecule has 1 aliphatic rings. The van der Waals surface area contributed by atoms with Gasteiger partial charge in [-0.1, -0.05) is 23.8 Å². The van der Waals surface area contributed by atoms with Crippen LogP contribution in [0.1, 0.15) is 36.0 Å². The Morgan fingerprint density at radius 3 is 2.50 bits per heavy atom. The molecule has 20 heavy (non-hydrogen) atoms. The van der Waals surface area contributed by atoms with Crippen LogP contribution in [0.2, 0.25) is 0 Å². The quantitative estimate of drug-likeness (QED) is 0.811. The van der Waals surface area contributed by atoms with Gasteiger partial charge in [0.25, 0.3) is 0 Å². The SMILES string of the molecule is Cc1ccc(C)c(CN2CCC(CCN(C)C)CC2)c1. The van der Waals surface area contributed by atoms with Crippen LogP contribution in [0.3, 0.4) is 0 Å². The average molecular weight is 274 g/mol. The summed E-state index contributed by atoms with van der Waals surface area (Å²) in [5.41, 5.74) is 4.33. The summed E-state index contributed by atoms with van der Waals surface area (Å²) in [4.78, 5) is 4.94. The Hall–Kier alpha value is -0.860. The maximum Gasteiger partial charge on any atom is 0.0236 e. The lowest BCUT2D eigenvalue weighted by Gasteiger charge is -2.32. The number of hydrogen-bond donors (Lipinski definition) is 0. The molecule has 1 aromatic carbocycles. The summed E-state index contributed by atoms with van der Waals surface area (Å²) in [6.07, 6.45) is 4.11. The number of aryl methyl sites for hydroxylation is 2. The summed E-state index contributed by atoms with van der Waals surface area (Å²) in [5, 5.41) is 0. The van der Waals surface area contributed by atoms with Gasteiger partial charge in [0.15, 0.2) is 0 Å². The predicted molar refractivity (Wildman–Crippen MR) is 87.1 cm³/mol. The minimum Gasteiger partial charge on any atom is -0.309 e. The minimum atomic E-state index is 0.937. The molecule has 0 spiro atoms. The highest BCUT2D eigenvalue weighted by atomic mass is 15.1. The van der Waals surface area contributed by atoms with Gasteiger partial charge in [0.05, 0.1) is 0 Å². The first kappa shape index (κ1) is 15.5. The van der Waals surface area contributed by atoms with Crippen LogP contribution < -0.4 is 0 Å². The molecule has 1 aliphatic heterocycles. The fourth-order valence-corrected chi connectivity index (χ4v) is 3.09. The fourth-order valence-electron chi connectivity index (χ4n) is 3.09. The van der Waals surface area contributed by atoms with Crippen molar-refractivity contribution in [3.8, 4) is 0 Å². The molecule has 0 atom stereocenters. The number of piperidine rings is 1. The number of rotatable bonds is 5. The van der Waals surface area contributed by atoms with Gasteiger partial charge < -0.3 is 4.90 Å². The molecule has 0 saturated carbocycles. The second-order valence-corrected chi connectivity index (χ2v) is 6.74. The van der Waals surface area contributed by atoms with Crippen LogP contribution in [0.4, 0.5) is 0 Å². The first-order chi connectivity index (χ1) is 9.54. The Kier molecular flexibility index (Phi) is 5.62. The zero-order valence-electron chi connectivity index (χ0n) is 13.7. The number of hydrogen-bond acceptors (Lipinski definition) is 2. The average Bonchev–Trinajstić information content (AvgIpc) is 2.42. The van der Waals surface area contributed by atoms with E-state index in [1.54, 1.807) is 0 Å². The Bertz CT molecular complexity index is 417. The third-order valence-electron chi connectivity index (χ3n) is 4.59. The Morgan fingerprint density at radius 2 is 1.85 bits per heavy atom. The van der Waals surface area contributed by atoms with Crippen LogP contribution in [0.5, 0.6) is 0 Å². The van der Waals surface area contributed by atoms with Gasteiger partial charge in [0, 0.05) is 6.54 Å². The summed E-state index contributed by atoms with van der Waals surface area (Å²) in [5.74, 6) is 0.937. The molecule has 1 saturated heterocycles. The van der Waals surface area contributed by atoms with E-state index in [1.165, 1.54) is 55.6 Å². The fraction of sp³-hybridized carbons (Fsp3) is 0.667. The van der Waals surface area contributed by atoms with Crippen molar-refractivity contribution in [2.24, 2.45) is 5.92 Å². The van der Waals surface area contributed by atoms with E-state index in [-0.39, 0.29) is 0 Å². The van der Waals surface area contributed by atoms with Gasteiger partial charge in [-0.15, -0.1) is 0 Å². The topological polar surface area (TPSA) is 6.48 Å². The molecule has 0 aliphatic carbocycles. The lowest BCUT2D eigenvalue weighted by Crippen LogP contribution is -2.34. The van der Waals surface area contributed by atoms with Crippen LogP contribution in [0.25, 0.3) is 0 Å². The second kappa shape index (κ2) is 7.24. The second-order valence-electron chi connectivity index (χ2n) is 6.74. The van der Waals surface area contributed by atoms with Crippen molar-refractivity contribution in [2.75, 3.05) is 33.7 Å². The smallest absolute Gasteiger partial charge is 0.0236 e. The normalized spacial score (nSPS) is 17.9. The van der Waals surface area contributed by atoms with Crippen molar-refractivity contribution < 1.29 is 0 Å². The lowest BCUT2D eigenvalue weighted by atomic mass is 9.93. The summed E-state index contributed by atoms with van der Waals surface area (Å²) >= 11 is 0. The summed E-state index contributed by atoms with van der Waals surface area (Å²) in [6.45, 7) is 9.33. The summed E-state index contributed by atoms with van der Waals surface area (Å²) < 4.78 is 0. The van der Waals surface area contributed by atoms with Gasteiger partial charge in [-0.05, 0) is 83.9 Å². The highest BCUT2D eigenvalue weighted by molar-refractivity contribution is 5.30. The van der Waals surface area contributed by atoms with Gasteiger partial charge in [-0.25, -0.2) is 0 Å². The molecule has 1 aromatic rings. The molecule has 2 heteroatoms. The number of nitrogens with zero attached hydrogens (tertiary/aromatic N) is 2. The van der Waals surface area contributed by atoms with E-state index < -0.39 is 0 Å². The van der Waals surface area contributed by atoms with Crippen LogP contribution in [-0.2, 0) is 6.54 Å². The minimum absolute atomic E-state index is 0.937. The molecule has 0 bridgehead atoms. The van der Waals surface area contributed by atoms with E-state index >= 15 is 0 Å². The molecule has 0 aromatic heterocycles. The Balaban J connectivity index is 1.81. The zero-order valence-corrected chi connectivity index (χ0v) is 13.7. The van der Waals surface area contributed by atoms with Crippen molar-refractivity contribution in [2.45, 2.75) is 39.7 Å². The molecule has 112 valence electrons. The first-order valence-corrected chi connectivity index (χ1v) is 7.98. The van der Waals surface area contributed by atoms with Crippen molar-refractivity contribution >= 4 is 0 Å². The van der Waals surface area contributed by atoms with Crippen molar-refractivity contribution in [3.05, 3.63) is 34.9 Å². The third kappa shape index (κ3) is 4.60. The monoisotopic (exact) mass is 274 g/mol. The molecule has 0 radical (unpaired) electrons. The molecule has 1 heterocycles. The Labute approximate surface area is 124 Å². The van der Waals surface area contributed by atoms with E-state index in [0.717, 1.165) is 12.5 Å². The van der Waals surface area contributed by atoms with Crippen molar-refractivity contribution in [1.29, 1.82) is 0 Å². The maximum absolute atomic E-state index is 2.63. The number of likely N-dealkylation sites (tertiary alicyclic amines) is 1. The summed E-state index contributed by atoms with van der Waals surface area (Å²) in [6, 6.07) is 6.83. The van der Waals surface area contributed by atoms with E-state index in [1.807, 2.05) is 0 Å². The molecule has 0 amide bonds. The van der Waals surface area contributed by atoms with Crippen LogP contribution in [-0.4, -0.2) is 43.5 Å². The van der Waals surface area contributed by atoms with Crippen molar-refractivity contribution in [3.63, 3.8) is 0 Å². The zero-order chi connectivity index (χ0) is 14.5. The predicted octanol–water partition coefficient (Wildman–Crippen LogP) is 3.47. The van der Waals surface area contributed by atoms with E-state index in [4.69, 9.17) is 0 Å².